The number of hydrogen-bond donors (Lipinski definition) is 1. The van der Waals surface area contributed by atoms with Crippen LogP contribution >= 0.6 is 0 Å². The summed E-state index contributed by atoms with van der Waals surface area (Å²) in [4.78, 5) is 18.3. The SMILES string of the molecule is Cc1cc(N2CCN(CCN3CCNC(=O)C3)CC2)nn1-c1ccc(OC(F)(F)F)cc1. The predicted molar refractivity (Wildman–Crippen MR) is 113 cm³/mol. The van der Waals surface area contributed by atoms with Crippen LogP contribution in [-0.2, 0) is 4.79 Å². The van der Waals surface area contributed by atoms with Crippen molar-refractivity contribution < 1.29 is 22.7 Å². The maximum absolute atomic E-state index is 12.4. The fourth-order valence-electron chi connectivity index (χ4n) is 4.03. The number of halogens is 3. The van der Waals surface area contributed by atoms with Gasteiger partial charge in [-0.1, -0.05) is 0 Å². The highest BCUT2D eigenvalue weighted by molar-refractivity contribution is 5.78. The lowest BCUT2D eigenvalue weighted by Gasteiger charge is -2.36. The number of carbonyl (C=O) groups is 1. The minimum atomic E-state index is -4.71. The van der Waals surface area contributed by atoms with Crippen molar-refractivity contribution in [2.45, 2.75) is 13.3 Å². The summed E-state index contributed by atoms with van der Waals surface area (Å²) in [5, 5.41) is 7.51. The molecule has 0 saturated carbocycles. The lowest BCUT2D eigenvalue weighted by Crippen LogP contribution is -2.52. The zero-order valence-electron chi connectivity index (χ0n) is 17.9. The Balaban J connectivity index is 1.31. The Labute approximate surface area is 184 Å². The van der Waals surface area contributed by atoms with Gasteiger partial charge < -0.3 is 15.0 Å². The van der Waals surface area contributed by atoms with Gasteiger partial charge in [0.05, 0.1) is 12.2 Å². The van der Waals surface area contributed by atoms with Crippen LogP contribution in [0.4, 0.5) is 19.0 Å². The van der Waals surface area contributed by atoms with Gasteiger partial charge in [-0.15, -0.1) is 13.2 Å². The molecule has 0 unspecified atom stereocenters. The first-order valence-electron chi connectivity index (χ1n) is 10.7. The molecule has 3 heterocycles. The molecule has 0 bridgehead atoms. The fraction of sp³-hybridized carbons (Fsp3) is 0.524. The molecule has 2 aromatic rings. The van der Waals surface area contributed by atoms with Gasteiger partial charge in [0.2, 0.25) is 5.91 Å². The maximum Gasteiger partial charge on any atom is 0.573 e. The van der Waals surface area contributed by atoms with Crippen LogP contribution in [0.2, 0.25) is 0 Å². The van der Waals surface area contributed by atoms with Crippen LogP contribution in [0.3, 0.4) is 0 Å². The maximum atomic E-state index is 12.4. The van der Waals surface area contributed by atoms with E-state index < -0.39 is 6.36 Å². The molecule has 11 heteroatoms. The van der Waals surface area contributed by atoms with Gasteiger partial charge in [-0.2, -0.15) is 5.10 Å². The first-order valence-corrected chi connectivity index (χ1v) is 10.7. The fourth-order valence-corrected chi connectivity index (χ4v) is 4.03. The molecule has 2 saturated heterocycles. The van der Waals surface area contributed by atoms with Gasteiger partial charge in [-0.25, -0.2) is 4.68 Å². The van der Waals surface area contributed by atoms with E-state index in [-0.39, 0.29) is 11.7 Å². The van der Waals surface area contributed by atoms with Crippen LogP contribution in [0.25, 0.3) is 5.69 Å². The van der Waals surface area contributed by atoms with E-state index in [1.54, 1.807) is 16.8 Å². The van der Waals surface area contributed by atoms with E-state index in [0.29, 0.717) is 18.8 Å². The van der Waals surface area contributed by atoms with Crippen LogP contribution in [0.15, 0.2) is 30.3 Å². The summed E-state index contributed by atoms with van der Waals surface area (Å²) in [7, 11) is 0. The second-order valence-electron chi connectivity index (χ2n) is 8.05. The second-order valence-corrected chi connectivity index (χ2v) is 8.05. The molecule has 1 amide bonds. The van der Waals surface area contributed by atoms with Crippen molar-refractivity contribution in [2.75, 3.05) is 63.8 Å². The monoisotopic (exact) mass is 452 g/mol. The number of anilines is 1. The largest absolute Gasteiger partial charge is 0.573 e. The Morgan fingerprint density at radius 3 is 2.38 bits per heavy atom. The minimum absolute atomic E-state index is 0.0922. The third kappa shape index (κ3) is 5.71. The number of nitrogens with one attached hydrogen (secondary N) is 1. The van der Waals surface area contributed by atoms with Crippen LogP contribution in [0.5, 0.6) is 5.75 Å². The Morgan fingerprint density at radius 1 is 1.03 bits per heavy atom. The van der Waals surface area contributed by atoms with Gasteiger partial charge in [0.15, 0.2) is 5.82 Å². The molecule has 1 aromatic carbocycles. The normalized spacial score (nSPS) is 18.6. The van der Waals surface area contributed by atoms with Gasteiger partial charge >= 0.3 is 6.36 Å². The quantitative estimate of drug-likeness (QED) is 0.719. The second kappa shape index (κ2) is 9.37. The summed E-state index contributed by atoms with van der Waals surface area (Å²) in [6.45, 7) is 9.33. The van der Waals surface area contributed by atoms with Crippen molar-refractivity contribution in [3.63, 3.8) is 0 Å². The molecular weight excluding hydrogens is 425 g/mol. The zero-order chi connectivity index (χ0) is 22.7. The average Bonchev–Trinajstić information content (AvgIpc) is 3.14. The number of carbonyl (C=O) groups excluding carboxylic acids is 1. The third-order valence-electron chi connectivity index (χ3n) is 5.74. The van der Waals surface area contributed by atoms with E-state index in [1.807, 2.05) is 13.0 Å². The number of nitrogens with zero attached hydrogens (tertiary/aromatic N) is 5. The molecule has 1 N–H and O–H groups in total. The van der Waals surface area contributed by atoms with Crippen LogP contribution in [-0.4, -0.2) is 90.8 Å². The van der Waals surface area contributed by atoms with Gasteiger partial charge in [0, 0.05) is 64.1 Å². The summed E-state index contributed by atoms with van der Waals surface area (Å²) < 4.78 is 42.7. The number of ether oxygens (including phenoxy) is 1. The summed E-state index contributed by atoms with van der Waals surface area (Å²) >= 11 is 0. The van der Waals surface area contributed by atoms with Crippen molar-refractivity contribution in [2.24, 2.45) is 0 Å². The predicted octanol–water partition coefficient (Wildman–Crippen LogP) is 1.63. The molecule has 32 heavy (non-hydrogen) atoms. The van der Waals surface area contributed by atoms with Crippen LogP contribution in [0.1, 0.15) is 5.69 Å². The third-order valence-corrected chi connectivity index (χ3v) is 5.74. The highest BCUT2D eigenvalue weighted by Gasteiger charge is 2.31. The van der Waals surface area contributed by atoms with Crippen molar-refractivity contribution >= 4 is 11.7 Å². The standard InChI is InChI=1S/C21H27F3N6O2/c1-16-14-19(26-30(16)17-2-4-18(5-3-17)32-21(22,23)24)29-12-10-27(11-13-29)8-9-28-7-6-25-20(31)15-28/h2-5,14H,6-13,15H2,1H3,(H,25,31). The number of alkyl halides is 3. The molecule has 0 aliphatic carbocycles. The molecule has 0 atom stereocenters. The van der Waals surface area contributed by atoms with Gasteiger partial charge in [-0.05, 0) is 31.2 Å². The molecule has 1 aromatic heterocycles. The first kappa shape index (κ1) is 22.4. The molecule has 0 spiro atoms. The van der Waals surface area contributed by atoms with E-state index >= 15 is 0 Å². The molecule has 2 fully saturated rings. The van der Waals surface area contributed by atoms with Crippen molar-refractivity contribution in [3.8, 4) is 11.4 Å². The first-order chi connectivity index (χ1) is 15.3. The Hall–Kier alpha value is -2.79. The van der Waals surface area contributed by atoms with Gasteiger partial charge in [-0.3, -0.25) is 14.6 Å². The van der Waals surface area contributed by atoms with E-state index in [0.717, 1.165) is 57.3 Å². The molecular formula is C21H27F3N6O2. The molecule has 2 aliphatic heterocycles. The van der Waals surface area contributed by atoms with Crippen molar-refractivity contribution in [1.29, 1.82) is 0 Å². The number of amides is 1. The summed E-state index contributed by atoms with van der Waals surface area (Å²) in [5.74, 6) is 0.688. The van der Waals surface area contributed by atoms with E-state index in [9.17, 15) is 18.0 Å². The van der Waals surface area contributed by atoms with E-state index in [2.05, 4.69) is 29.9 Å². The van der Waals surface area contributed by atoms with E-state index in [4.69, 9.17) is 0 Å². The van der Waals surface area contributed by atoms with Crippen LogP contribution in [0, 0.1) is 6.92 Å². The van der Waals surface area contributed by atoms with E-state index in [1.165, 1.54) is 12.1 Å². The van der Waals surface area contributed by atoms with Crippen molar-refractivity contribution in [3.05, 3.63) is 36.0 Å². The number of piperazine rings is 2. The van der Waals surface area contributed by atoms with Gasteiger partial charge in [0.25, 0.3) is 0 Å². The van der Waals surface area contributed by atoms with Crippen molar-refractivity contribution in [1.82, 2.24) is 24.9 Å². The molecule has 8 nitrogen and oxygen atoms in total. The summed E-state index contributed by atoms with van der Waals surface area (Å²) in [5.41, 5.74) is 1.57. The Bertz CT molecular complexity index is 923. The Morgan fingerprint density at radius 2 is 1.72 bits per heavy atom. The minimum Gasteiger partial charge on any atom is -0.406 e. The number of hydrogen-bond acceptors (Lipinski definition) is 6. The lowest BCUT2D eigenvalue weighted by atomic mass is 10.3. The summed E-state index contributed by atoms with van der Waals surface area (Å²) in [6, 6.07) is 7.68. The highest BCUT2D eigenvalue weighted by Crippen LogP contribution is 2.25. The number of aryl methyl sites for hydroxylation is 1. The Kier molecular flexibility index (Phi) is 6.56. The average molecular weight is 452 g/mol. The smallest absolute Gasteiger partial charge is 0.406 e. The number of aromatic nitrogens is 2. The summed E-state index contributed by atoms with van der Waals surface area (Å²) in [6.07, 6.45) is -4.71. The molecule has 2 aliphatic rings. The topological polar surface area (TPSA) is 65.9 Å². The number of benzene rings is 1. The highest BCUT2D eigenvalue weighted by atomic mass is 19.4. The molecule has 174 valence electrons. The zero-order valence-corrected chi connectivity index (χ0v) is 17.9. The van der Waals surface area contributed by atoms with Crippen LogP contribution < -0.4 is 15.0 Å². The molecule has 0 radical (unpaired) electrons. The lowest BCUT2D eigenvalue weighted by molar-refractivity contribution is -0.274. The number of rotatable bonds is 6. The molecule has 4 rings (SSSR count). The van der Waals surface area contributed by atoms with Gasteiger partial charge in [0.1, 0.15) is 5.75 Å².